The molecule has 0 amide bonds. The fourth-order valence-electron chi connectivity index (χ4n) is 2.48. The molecule has 3 aromatic rings. The Morgan fingerprint density at radius 2 is 1.60 bits per heavy atom. The predicted molar refractivity (Wildman–Crippen MR) is 89.6 cm³/mol. The highest BCUT2D eigenvalue weighted by Crippen LogP contribution is 2.30. The zero-order chi connectivity index (χ0) is 17.8. The van der Waals surface area contributed by atoms with E-state index in [-0.39, 0.29) is 12.0 Å². The summed E-state index contributed by atoms with van der Waals surface area (Å²) in [5.41, 5.74) is 1.23. The summed E-state index contributed by atoms with van der Waals surface area (Å²) in [7, 11) is 0. The molecule has 0 unspecified atom stereocenters. The van der Waals surface area contributed by atoms with E-state index in [0.29, 0.717) is 22.6 Å². The van der Waals surface area contributed by atoms with Crippen molar-refractivity contribution in [1.82, 2.24) is 0 Å². The molecule has 0 atom stereocenters. The first-order valence-electron chi connectivity index (χ1n) is 7.56. The van der Waals surface area contributed by atoms with E-state index in [9.17, 15) is 13.6 Å². The lowest BCUT2D eigenvalue weighted by atomic mass is 10.0. The Labute approximate surface area is 143 Å². The highest BCUT2D eigenvalue weighted by Gasteiger charge is 2.10. The lowest BCUT2D eigenvalue weighted by Gasteiger charge is -2.10. The van der Waals surface area contributed by atoms with E-state index in [1.54, 1.807) is 48.5 Å². The van der Waals surface area contributed by atoms with Crippen molar-refractivity contribution in [1.29, 1.82) is 0 Å². The molecule has 0 radical (unpaired) electrons. The standard InChI is InChI=1S/C20H14F2O3/c21-18-9-3-8-17(20(18)22)14-5-2-7-16(12-14)25-15-6-1-4-13(10-15)11-19(23)24/h1-10,12H,11H2,(H,23,24). The molecule has 3 nitrogen and oxygen atoms in total. The van der Waals surface area contributed by atoms with Gasteiger partial charge in [0.05, 0.1) is 6.42 Å². The zero-order valence-electron chi connectivity index (χ0n) is 13.1. The van der Waals surface area contributed by atoms with Gasteiger partial charge in [0.1, 0.15) is 11.5 Å². The minimum Gasteiger partial charge on any atom is -0.481 e. The molecule has 0 saturated carbocycles. The summed E-state index contributed by atoms with van der Waals surface area (Å²) in [5.74, 6) is -1.85. The topological polar surface area (TPSA) is 46.5 Å². The largest absolute Gasteiger partial charge is 0.481 e. The molecular weight excluding hydrogens is 326 g/mol. The number of hydrogen-bond donors (Lipinski definition) is 1. The van der Waals surface area contributed by atoms with Gasteiger partial charge in [0.15, 0.2) is 11.6 Å². The second-order valence-electron chi connectivity index (χ2n) is 5.45. The summed E-state index contributed by atoms with van der Waals surface area (Å²) in [6, 6.07) is 17.3. The van der Waals surface area contributed by atoms with Gasteiger partial charge in [-0.05, 0) is 41.5 Å². The van der Waals surface area contributed by atoms with E-state index >= 15 is 0 Å². The quantitative estimate of drug-likeness (QED) is 0.707. The van der Waals surface area contributed by atoms with E-state index in [2.05, 4.69) is 0 Å². The van der Waals surface area contributed by atoms with Crippen LogP contribution in [0, 0.1) is 11.6 Å². The SMILES string of the molecule is O=C(O)Cc1cccc(Oc2cccc(-c3cccc(F)c3F)c2)c1. The van der Waals surface area contributed by atoms with Crippen LogP contribution in [0.2, 0.25) is 0 Å². The predicted octanol–water partition coefficient (Wildman–Crippen LogP) is 5.05. The van der Waals surface area contributed by atoms with Crippen LogP contribution in [0.15, 0.2) is 66.7 Å². The molecule has 0 heterocycles. The van der Waals surface area contributed by atoms with E-state index in [1.807, 2.05) is 0 Å². The highest BCUT2D eigenvalue weighted by atomic mass is 19.2. The minimum absolute atomic E-state index is 0.105. The summed E-state index contributed by atoms with van der Waals surface area (Å²) in [5, 5.41) is 8.85. The van der Waals surface area contributed by atoms with Crippen LogP contribution in [0.4, 0.5) is 8.78 Å². The van der Waals surface area contributed by atoms with Gasteiger partial charge in [-0.25, -0.2) is 8.78 Å². The number of halogens is 2. The number of carbonyl (C=O) groups is 1. The Balaban J connectivity index is 1.87. The molecule has 0 fully saturated rings. The summed E-state index contributed by atoms with van der Waals surface area (Å²) in [4.78, 5) is 10.8. The van der Waals surface area contributed by atoms with Gasteiger partial charge in [-0.15, -0.1) is 0 Å². The van der Waals surface area contributed by atoms with Crippen molar-refractivity contribution < 1.29 is 23.4 Å². The number of rotatable bonds is 5. The molecule has 0 spiro atoms. The van der Waals surface area contributed by atoms with Gasteiger partial charge in [-0.2, -0.15) is 0 Å². The normalized spacial score (nSPS) is 10.5. The third-order valence-electron chi connectivity index (χ3n) is 3.59. The third kappa shape index (κ3) is 4.01. The van der Waals surface area contributed by atoms with Gasteiger partial charge in [0, 0.05) is 5.56 Å². The maximum atomic E-state index is 13.9. The molecule has 0 aliphatic heterocycles. The van der Waals surface area contributed by atoms with E-state index in [4.69, 9.17) is 9.84 Å². The van der Waals surface area contributed by atoms with Crippen molar-refractivity contribution in [2.75, 3.05) is 0 Å². The summed E-state index contributed by atoms with van der Waals surface area (Å²) < 4.78 is 33.1. The molecular formula is C20H14F2O3. The highest BCUT2D eigenvalue weighted by molar-refractivity contribution is 5.70. The number of carboxylic acids is 1. The molecule has 0 bridgehead atoms. The Morgan fingerprint density at radius 1 is 0.920 bits per heavy atom. The van der Waals surface area contributed by atoms with Gasteiger partial charge in [0.2, 0.25) is 0 Å². The fraction of sp³-hybridized carbons (Fsp3) is 0.0500. The summed E-state index contributed by atoms with van der Waals surface area (Å²) in [6.07, 6.45) is -0.105. The fourth-order valence-corrected chi connectivity index (χ4v) is 2.48. The number of ether oxygens (including phenoxy) is 1. The minimum atomic E-state index is -0.930. The van der Waals surface area contributed by atoms with E-state index in [0.717, 1.165) is 6.07 Å². The Morgan fingerprint density at radius 3 is 2.36 bits per heavy atom. The average molecular weight is 340 g/mol. The molecule has 3 rings (SSSR count). The van der Waals surface area contributed by atoms with Crippen LogP contribution in [-0.4, -0.2) is 11.1 Å². The van der Waals surface area contributed by atoms with Gasteiger partial charge in [-0.1, -0.05) is 36.4 Å². The van der Waals surface area contributed by atoms with Crippen LogP contribution in [0.5, 0.6) is 11.5 Å². The number of aliphatic carboxylic acids is 1. The van der Waals surface area contributed by atoms with Crippen molar-refractivity contribution in [2.45, 2.75) is 6.42 Å². The Hall–Kier alpha value is -3.21. The van der Waals surface area contributed by atoms with Crippen LogP contribution in [0.1, 0.15) is 5.56 Å². The van der Waals surface area contributed by atoms with Gasteiger partial charge in [0.25, 0.3) is 0 Å². The Kier molecular flexibility index (Phi) is 4.75. The smallest absolute Gasteiger partial charge is 0.307 e. The molecule has 3 aromatic carbocycles. The zero-order valence-corrected chi connectivity index (χ0v) is 13.1. The van der Waals surface area contributed by atoms with Crippen molar-refractivity contribution in [3.63, 3.8) is 0 Å². The van der Waals surface area contributed by atoms with Crippen LogP contribution in [0.3, 0.4) is 0 Å². The van der Waals surface area contributed by atoms with E-state index < -0.39 is 17.6 Å². The van der Waals surface area contributed by atoms with Crippen LogP contribution in [-0.2, 0) is 11.2 Å². The van der Waals surface area contributed by atoms with Gasteiger partial charge in [-0.3, -0.25) is 4.79 Å². The number of hydrogen-bond acceptors (Lipinski definition) is 2. The first kappa shape index (κ1) is 16.6. The molecule has 0 aromatic heterocycles. The first-order chi connectivity index (χ1) is 12.0. The Bertz CT molecular complexity index is 922. The van der Waals surface area contributed by atoms with Crippen molar-refractivity contribution in [2.24, 2.45) is 0 Å². The first-order valence-corrected chi connectivity index (χ1v) is 7.56. The maximum Gasteiger partial charge on any atom is 0.307 e. The van der Waals surface area contributed by atoms with Crippen molar-refractivity contribution in [3.8, 4) is 22.6 Å². The average Bonchev–Trinajstić information content (AvgIpc) is 2.57. The molecule has 0 saturated heterocycles. The molecule has 126 valence electrons. The second-order valence-corrected chi connectivity index (χ2v) is 5.45. The number of benzene rings is 3. The molecule has 0 aliphatic carbocycles. The van der Waals surface area contributed by atoms with Gasteiger partial charge >= 0.3 is 5.97 Å². The van der Waals surface area contributed by atoms with Crippen molar-refractivity contribution >= 4 is 5.97 Å². The second kappa shape index (κ2) is 7.13. The summed E-state index contributed by atoms with van der Waals surface area (Å²) in [6.45, 7) is 0. The number of carboxylic acid groups (broad SMARTS) is 1. The van der Waals surface area contributed by atoms with Crippen LogP contribution < -0.4 is 4.74 Å². The lowest BCUT2D eigenvalue weighted by molar-refractivity contribution is -0.136. The van der Waals surface area contributed by atoms with Crippen LogP contribution in [0.25, 0.3) is 11.1 Å². The molecule has 25 heavy (non-hydrogen) atoms. The van der Waals surface area contributed by atoms with Gasteiger partial charge < -0.3 is 9.84 Å². The van der Waals surface area contributed by atoms with Crippen LogP contribution >= 0.6 is 0 Å². The monoisotopic (exact) mass is 340 g/mol. The third-order valence-corrected chi connectivity index (χ3v) is 3.59. The molecule has 0 aliphatic rings. The summed E-state index contributed by atoms with van der Waals surface area (Å²) >= 11 is 0. The van der Waals surface area contributed by atoms with E-state index in [1.165, 1.54) is 12.1 Å². The lowest BCUT2D eigenvalue weighted by Crippen LogP contribution is -1.99. The van der Waals surface area contributed by atoms with Crippen molar-refractivity contribution in [3.05, 3.63) is 83.9 Å². The molecule has 1 N–H and O–H groups in total. The molecule has 5 heteroatoms. The maximum absolute atomic E-state index is 13.9.